The molecule has 0 unspecified atom stereocenters. The Balaban J connectivity index is 2.03. The van der Waals surface area contributed by atoms with Gasteiger partial charge >= 0.3 is 0 Å². The molecule has 0 bridgehead atoms. The molecule has 0 atom stereocenters. The topological polar surface area (TPSA) is 89.3 Å². The molecule has 136 valence electrons. The van der Waals surface area contributed by atoms with Gasteiger partial charge in [-0.05, 0) is 52.0 Å². The van der Waals surface area contributed by atoms with Crippen LogP contribution in [0.4, 0.5) is 5.69 Å². The van der Waals surface area contributed by atoms with Crippen molar-refractivity contribution in [2.75, 3.05) is 4.72 Å². The van der Waals surface area contributed by atoms with Crippen molar-refractivity contribution in [3.8, 4) is 11.3 Å². The fourth-order valence-electron chi connectivity index (χ4n) is 2.73. The third-order valence-corrected chi connectivity index (χ3v) is 6.59. The Bertz CT molecular complexity index is 1080. The highest BCUT2D eigenvalue weighted by Crippen LogP contribution is 2.39. The Kier molecular flexibility index (Phi) is 4.72. The Hall–Kier alpha value is -2.45. The Morgan fingerprint density at radius 1 is 1.12 bits per heavy atom. The molecular formula is C18H18N2O4S2. The Labute approximate surface area is 155 Å². The molecule has 3 rings (SSSR count). The van der Waals surface area contributed by atoms with Crippen molar-refractivity contribution in [3.05, 3.63) is 51.3 Å². The normalized spacial score (nSPS) is 11.5. The van der Waals surface area contributed by atoms with E-state index in [9.17, 15) is 13.2 Å². The van der Waals surface area contributed by atoms with Gasteiger partial charge in [-0.25, -0.2) is 8.42 Å². The number of carbonyl (C=O) groups is 1. The molecule has 8 heteroatoms. The van der Waals surface area contributed by atoms with Crippen molar-refractivity contribution in [2.24, 2.45) is 0 Å². The summed E-state index contributed by atoms with van der Waals surface area (Å²) in [6.45, 7) is 6.86. The van der Waals surface area contributed by atoms with Crippen LogP contribution in [0, 0.1) is 20.8 Å². The number of aromatic nitrogens is 1. The number of hydrogen-bond donors (Lipinski definition) is 1. The van der Waals surface area contributed by atoms with Crippen LogP contribution in [0.3, 0.4) is 0 Å². The number of aryl methyl sites for hydroxylation is 3. The van der Waals surface area contributed by atoms with Crippen LogP contribution in [0.25, 0.3) is 11.3 Å². The van der Waals surface area contributed by atoms with Crippen molar-refractivity contribution < 1.29 is 17.7 Å². The molecule has 0 aliphatic heterocycles. The van der Waals surface area contributed by atoms with Crippen LogP contribution < -0.4 is 4.72 Å². The zero-order valence-electron chi connectivity index (χ0n) is 14.8. The van der Waals surface area contributed by atoms with Gasteiger partial charge in [-0.2, -0.15) is 0 Å². The number of Topliss-reactive ketones (excluding diaryl/α,β-unsaturated/α-hetero) is 1. The van der Waals surface area contributed by atoms with Crippen molar-refractivity contribution in [2.45, 2.75) is 32.6 Å². The number of hydrogen-bond acceptors (Lipinski definition) is 6. The van der Waals surface area contributed by atoms with E-state index in [0.29, 0.717) is 33.1 Å². The summed E-state index contributed by atoms with van der Waals surface area (Å²) >= 11 is 1.39. The van der Waals surface area contributed by atoms with E-state index in [1.165, 1.54) is 18.3 Å². The molecule has 1 aromatic carbocycles. The van der Waals surface area contributed by atoms with Gasteiger partial charge in [-0.1, -0.05) is 5.16 Å². The monoisotopic (exact) mass is 390 g/mol. The molecular weight excluding hydrogens is 372 g/mol. The van der Waals surface area contributed by atoms with E-state index >= 15 is 0 Å². The lowest BCUT2D eigenvalue weighted by Crippen LogP contribution is -2.14. The van der Waals surface area contributed by atoms with E-state index in [1.54, 1.807) is 44.2 Å². The fourth-order valence-corrected chi connectivity index (χ4v) is 5.66. The molecule has 0 amide bonds. The summed E-state index contributed by atoms with van der Waals surface area (Å²) in [6, 6.07) is 8.04. The SMILES string of the molecule is CC(=O)c1ccc(NS(=O)(=O)c2c(C)sc(C)c2-c2cc(C)no2)cc1. The molecule has 0 fully saturated rings. The maximum absolute atomic E-state index is 13.0. The van der Waals surface area contributed by atoms with Crippen LogP contribution in [0.2, 0.25) is 0 Å². The summed E-state index contributed by atoms with van der Waals surface area (Å²) < 4.78 is 33.9. The molecule has 0 aliphatic carbocycles. The summed E-state index contributed by atoms with van der Waals surface area (Å²) in [4.78, 5) is 13.1. The smallest absolute Gasteiger partial charge is 0.263 e. The number of nitrogens with zero attached hydrogens (tertiary/aromatic N) is 1. The Morgan fingerprint density at radius 2 is 1.77 bits per heavy atom. The van der Waals surface area contributed by atoms with E-state index in [-0.39, 0.29) is 10.7 Å². The van der Waals surface area contributed by atoms with Crippen LogP contribution in [0.5, 0.6) is 0 Å². The summed E-state index contributed by atoms with van der Waals surface area (Å²) in [5.74, 6) is 0.350. The summed E-state index contributed by atoms with van der Waals surface area (Å²) in [6.07, 6.45) is 0. The summed E-state index contributed by atoms with van der Waals surface area (Å²) in [5, 5.41) is 3.86. The second kappa shape index (κ2) is 6.69. The molecule has 0 saturated carbocycles. The third kappa shape index (κ3) is 3.42. The number of ketones is 1. The van der Waals surface area contributed by atoms with Gasteiger partial charge in [0.15, 0.2) is 11.5 Å². The van der Waals surface area contributed by atoms with E-state index in [1.807, 2.05) is 6.92 Å². The molecule has 0 saturated heterocycles. The zero-order chi connectivity index (χ0) is 19.1. The molecule has 0 radical (unpaired) electrons. The average Bonchev–Trinajstić information content (AvgIpc) is 3.10. The number of rotatable bonds is 5. The standard InChI is InChI=1S/C18H18N2O4S2/c1-10-9-16(24-19-10)17-12(3)25-13(4)18(17)26(22,23)20-15-7-5-14(6-8-15)11(2)21/h5-9,20H,1-4H3. The first kappa shape index (κ1) is 18.3. The predicted molar refractivity (Wildman–Crippen MR) is 101 cm³/mol. The van der Waals surface area contributed by atoms with E-state index in [2.05, 4.69) is 9.88 Å². The van der Waals surface area contributed by atoms with Crippen LogP contribution in [0.1, 0.15) is 32.7 Å². The van der Waals surface area contributed by atoms with Crippen molar-refractivity contribution in [3.63, 3.8) is 0 Å². The molecule has 26 heavy (non-hydrogen) atoms. The number of sulfonamides is 1. The molecule has 2 aromatic heterocycles. The number of benzene rings is 1. The predicted octanol–water partition coefficient (Wildman–Crippen LogP) is 4.33. The maximum Gasteiger partial charge on any atom is 0.263 e. The lowest BCUT2D eigenvalue weighted by molar-refractivity contribution is 0.101. The average molecular weight is 390 g/mol. The molecule has 2 heterocycles. The fraction of sp³-hybridized carbons (Fsp3) is 0.222. The van der Waals surface area contributed by atoms with E-state index in [0.717, 1.165) is 4.88 Å². The second-order valence-electron chi connectivity index (χ2n) is 5.99. The van der Waals surface area contributed by atoms with Crippen LogP contribution in [0.15, 0.2) is 39.8 Å². The van der Waals surface area contributed by atoms with Gasteiger partial charge in [0, 0.05) is 27.1 Å². The minimum absolute atomic E-state index is 0.0771. The Morgan fingerprint density at radius 3 is 2.31 bits per heavy atom. The first-order valence-electron chi connectivity index (χ1n) is 7.86. The van der Waals surface area contributed by atoms with Crippen LogP contribution in [-0.2, 0) is 10.0 Å². The molecule has 6 nitrogen and oxygen atoms in total. The highest BCUT2D eigenvalue weighted by molar-refractivity contribution is 7.93. The molecule has 3 aromatic rings. The highest BCUT2D eigenvalue weighted by Gasteiger charge is 2.28. The summed E-state index contributed by atoms with van der Waals surface area (Å²) in [7, 11) is -3.84. The van der Waals surface area contributed by atoms with Gasteiger partial charge < -0.3 is 4.52 Å². The van der Waals surface area contributed by atoms with Gasteiger partial charge in [-0.3, -0.25) is 9.52 Å². The zero-order valence-corrected chi connectivity index (χ0v) is 16.4. The first-order valence-corrected chi connectivity index (χ1v) is 10.2. The number of thiophene rings is 1. The van der Waals surface area contributed by atoms with E-state index < -0.39 is 10.0 Å². The second-order valence-corrected chi connectivity index (χ2v) is 9.04. The number of carbonyl (C=O) groups excluding carboxylic acids is 1. The van der Waals surface area contributed by atoms with Crippen molar-refractivity contribution in [1.82, 2.24) is 5.16 Å². The van der Waals surface area contributed by atoms with Crippen LogP contribution >= 0.6 is 11.3 Å². The third-order valence-electron chi connectivity index (χ3n) is 3.89. The molecule has 1 N–H and O–H groups in total. The van der Waals surface area contributed by atoms with Gasteiger partial charge in [0.2, 0.25) is 0 Å². The van der Waals surface area contributed by atoms with Gasteiger partial charge in [0.1, 0.15) is 4.90 Å². The van der Waals surface area contributed by atoms with Crippen molar-refractivity contribution >= 4 is 32.8 Å². The van der Waals surface area contributed by atoms with Crippen LogP contribution in [-0.4, -0.2) is 19.4 Å². The van der Waals surface area contributed by atoms with E-state index in [4.69, 9.17) is 4.52 Å². The minimum Gasteiger partial charge on any atom is -0.356 e. The lowest BCUT2D eigenvalue weighted by atomic mass is 10.1. The number of nitrogens with one attached hydrogen (secondary N) is 1. The van der Waals surface area contributed by atoms with Gasteiger partial charge in [0.25, 0.3) is 10.0 Å². The largest absolute Gasteiger partial charge is 0.356 e. The highest BCUT2D eigenvalue weighted by atomic mass is 32.2. The number of anilines is 1. The van der Waals surface area contributed by atoms with Gasteiger partial charge in [-0.15, -0.1) is 11.3 Å². The minimum atomic E-state index is -3.84. The molecule has 0 spiro atoms. The van der Waals surface area contributed by atoms with Crippen molar-refractivity contribution in [1.29, 1.82) is 0 Å². The maximum atomic E-state index is 13.0. The lowest BCUT2D eigenvalue weighted by Gasteiger charge is -2.10. The summed E-state index contributed by atoms with van der Waals surface area (Å²) in [5.41, 5.74) is 2.12. The first-order chi connectivity index (χ1) is 12.2. The quantitative estimate of drug-likeness (QED) is 0.655. The molecule has 0 aliphatic rings. The van der Waals surface area contributed by atoms with Gasteiger partial charge in [0.05, 0.1) is 11.3 Å².